The van der Waals surface area contributed by atoms with Gasteiger partial charge >= 0.3 is 0 Å². The minimum atomic E-state index is 0.653. The molecular formula is C19H17N3O. The first-order valence-corrected chi connectivity index (χ1v) is 7.77. The molecule has 4 rings (SSSR count). The Morgan fingerprint density at radius 2 is 1.74 bits per heavy atom. The van der Waals surface area contributed by atoms with Crippen LogP contribution in [0.4, 0.5) is 5.82 Å². The average Bonchev–Trinajstić information content (AvgIpc) is 2.80. The second-order valence-corrected chi connectivity index (χ2v) is 5.55. The van der Waals surface area contributed by atoms with Gasteiger partial charge in [0, 0.05) is 6.54 Å². The molecule has 0 aliphatic carbocycles. The Hall–Kier alpha value is -2.88. The average molecular weight is 303 g/mol. The van der Waals surface area contributed by atoms with Crippen molar-refractivity contribution in [2.75, 3.05) is 5.32 Å². The lowest BCUT2D eigenvalue weighted by molar-refractivity contribution is 0.458. The number of hydrogen-bond donors (Lipinski definition) is 1. The summed E-state index contributed by atoms with van der Waals surface area (Å²) < 4.78 is 6.00. The molecule has 0 bridgehead atoms. The number of benzene rings is 2. The van der Waals surface area contributed by atoms with Gasteiger partial charge in [-0.1, -0.05) is 48.5 Å². The van der Waals surface area contributed by atoms with Crippen LogP contribution < -0.4 is 10.1 Å². The van der Waals surface area contributed by atoms with Crippen molar-refractivity contribution in [2.45, 2.75) is 19.4 Å². The maximum atomic E-state index is 6.00. The van der Waals surface area contributed by atoms with Crippen LogP contribution in [-0.2, 0) is 19.4 Å². The molecule has 0 saturated carbocycles. The Morgan fingerprint density at radius 3 is 2.65 bits per heavy atom. The van der Waals surface area contributed by atoms with E-state index in [0.717, 1.165) is 36.5 Å². The zero-order chi connectivity index (χ0) is 15.5. The third-order valence-electron chi connectivity index (χ3n) is 4.03. The maximum absolute atomic E-state index is 6.00. The predicted molar refractivity (Wildman–Crippen MR) is 89.7 cm³/mol. The maximum Gasteiger partial charge on any atom is 0.227 e. The summed E-state index contributed by atoms with van der Waals surface area (Å²) in [6.07, 6.45) is 3.35. The van der Waals surface area contributed by atoms with E-state index in [4.69, 9.17) is 4.74 Å². The molecule has 114 valence electrons. The molecule has 2 heterocycles. The summed E-state index contributed by atoms with van der Waals surface area (Å²) in [6.45, 7) is 0.733. The van der Waals surface area contributed by atoms with E-state index in [1.165, 1.54) is 11.1 Å². The smallest absolute Gasteiger partial charge is 0.227 e. The molecule has 1 aromatic heterocycles. The van der Waals surface area contributed by atoms with Crippen LogP contribution in [0.3, 0.4) is 0 Å². The largest absolute Gasteiger partial charge is 0.438 e. The van der Waals surface area contributed by atoms with E-state index < -0.39 is 0 Å². The topological polar surface area (TPSA) is 47.0 Å². The lowest BCUT2D eigenvalue weighted by Gasteiger charge is -2.12. The Balaban J connectivity index is 1.60. The van der Waals surface area contributed by atoms with Gasteiger partial charge in [0.25, 0.3) is 0 Å². The number of nitrogens with zero attached hydrogens (tertiary/aromatic N) is 2. The van der Waals surface area contributed by atoms with E-state index >= 15 is 0 Å². The number of para-hydroxylation sites is 1. The number of hydrogen-bond acceptors (Lipinski definition) is 4. The van der Waals surface area contributed by atoms with Crippen LogP contribution in [0.5, 0.6) is 11.6 Å². The summed E-state index contributed by atoms with van der Waals surface area (Å²) in [7, 11) is 0. The van der Waals surface area contributed by atoms with E-state index in [1.807, 2.05) is 36.4 Å². The van der Waals surface area contributed by atoms with Gasteiger partial charge in [-0.05, 0) is 30.0 Å². The molecule has 1 N–H and O–H groups in total. The predicted octanol–water partition coefficient (Wildman–Crippen LogP) is 3.98. The van der Waals surface area contributed by atoms with Crippen LogP contribution in [-0.4, -0.2) is 9.97 Å². The third kappa shape index (κ3) is 2.88. The fourth-order valence-electron chi connectivity index (χ4n) is 2.82. The Labute approximate surface area is 135 Å². The van der Waals surface area contributed by atoms with Gasteiger partial charge in [0.1, 0.15) is 17.9 Å². The number of fused-ring (bicyclic) bond motifs is 2. The molecule has 23 heavy (non-hydrogen) atoms. The Kier molecular flexibility index (Phi) is 3.64. The van der Waals surface area contributed by atoms with Crippen LogP contribution in [0.25, 0.3) is 0 Å². The summed E-state index contributed by atoms with van der Waals surface area (Å²) in [4.78, 5) is 8.73. The third-order valence-corrected chi connectivity index (χ3v) is 4.03. The van der Waals surface area contributed by atoms with Crippen molar-refractivity contribution in [1.29, 1.82) is 0 Å². The number of anilines is 1. The molecule has 0 fully saturated rings. The normalized spacial score (nSPS) is 12.5. The molecule has 0 amide bonds. The standard InChI is InChI=1S/C19H17N3O/c1-2-6-14(7-3-1)12-20-18-16-11-10-15-8-4-5-9-17(15)23-19(16)22-13-21-18/h1-9,13H,10-12H2,(H,20,21,22). The van der Waals surface area contributed by atoms with Gasteiger partial charge in [-0.15, -0.1) is 0 Å². The van der Waals surface area contributed by atoms with Gasteiger partial charge in [-0.25, -0.2) is 9.97 Å². The summed E-state index contributed by atoms with van der Waals surface area (Å²) in [5, 5.41) is 3.41. The Bertz CT molecular complexity index is 818. The molecule has 4 heteroatoms. The van der Waals surface area contributed by atoms with E-state index in [1.54, 1.807) is 6.33 Å². The molecule has 1 aliphatic heterocycles. The SMILES string of the molecule is c1ccc(CNc2ncnc3c2CCc2ccccc2O3)cc1. The monoisotopic (exact) mass is 303 g/mol. The number of rotatable bonds is 3. The van der Waals surface area contributed by atoms with E-state index in [2.05, 4.69) is 33.5 Å². The minimum Gasteiger partial charge on any atom is -0.438 e. The second-order valence-electron chi connectivity index (χ2n) is 5.55. The molecular weight excluding hydrogens is 286 g/mol. The molecule has 0 atom stereocenters. The van der Waals surface area contributed by atoms with E-state index in [-0.39, 0.29) is 0 Å². The van der Waals surface area contributed by atoms with E-state index in [0.29, 0.717) is 5.88 Å². The van der Waals surface area contributed by atoms with Crippen molar-refractivity contribution >= 4 is 5.82 Å². The highest BCUT2D eigenvalue weighted by molar-refractivity contribution is 5.52. The van der Waals surface area contributed by atoms with Crippen LogP contribution >= 0.6 is 0 Å². The molecule has 0 spiro atoms. The van der Waals surface area contributed by atoms with Crippen molar-refractivity contribution in [3.8, 4) is 11.6 Å². The Morgan fingerprint density at radius 1 is 0.913 bits per heavy atom. The van der Waals surface area contributed by atoms with Gasteiger partial charge in [0.2, 0.25) is 5.88 Å². The van der Waals surface area contributed by atoms with Gasteiger partial charge in [-0.3, -0.25) is 0 Å². The zero-order valence-corrected chi connectivity index (χ0v) is 12.7. The molecule has 0 radical (unpaired) electrons. The van der Waals surface area contributed by atoms with Crippen molar-refractivity contribution in [1.82, 2.24) is 9.97 Å². The van der Waals surface area contributed by atoms with Crippen molar-refractivity contribution in [2.24, 2.45) is 0 Å². The molecule has 0 saturated heterocycles. The number of nitrogens with one attached hydrogen (secondary N) is 1. The molecule has 2 aromatic carbocycles. The van der Waals surface area contributed by atoms with Crippen LogP contribution in [0, 0.1) is 0 Å². The van der Waals surface area contributed by atoms with Crippen molar-refractivity contribution < 1.29 is 4.74 Å². The molecule has 3 aromatic rings. The first kappa shape index (κ1) is 13.8. The van der Waals surface area contributed by atoms with Crippen molar-refractivity contribution in [3.05, 3.63) is 77.6 Å². The van der Waals surface area contributed by atoms with Crippen molar-refractivity contribution in [3.63, 3.8) is 0 Å². The molecule has 1 aliphatic rings. The first-order valence-electron chi connectivity index (χ1n) is 7.77. The number of aryl methyl sites for hydroxylation is 1. The minimum absolute atomic E-state index is 0.653. The molecule has 4 nitrogen and oxygen atoms in total. The second kappa shape index (κ2) is 6.08. The number of ether oxygens (including phenoxy) is 1. The summed E-state index contributed by atoms with van der Waals surface area (Å²) in [5.74, 6) is 2.39. The lowest BCUT2D eigenvalue weighted by Crippen LogP contribution is -2.06. The summed E-state index contributed by atoms with van der Waals surface area (Å²) in [6, 6.07) is 18.4. The summed E-state index contributed by atoms with van der Waals surface area (Å²) in [5.41, 5.74) is 3.47. The van der Waals surface area contributed by atoms with Gasteiger partial charge in [0.15, 0.2) is 0 Å². The van der Waals surface area contributed by atoms with Crippen LogP contribution in [0.2, 0.25) is 0 Å². The van der Waals surface area contributed by atoms with Gasteiger partial charge in [0.05, 0.1) is 5.56 Å². The number of aromatic nitrogens is 2. The van der Waals surface area contributed by atoms with Gasteiger partial charge in [-0.2, -0.15) is 0 Å². The van der Waals surface area contributed by atoms with Crippen LogP contribution in [0.15, 0.2) is 60.9 Å². The quantitative estimate of drug-likeness (QED) is 0.795. The fraction of sp³-hybridized carbons (Fsp3) is 0.158. The highest BCUT2D eigenvalue weighted by atomic mass is 16.5. The zero-order valence-electron chi connectivity index (χ0n) is 12.7. The summed E-state index contributed by atoms with van der Waals surface area (Å²) >= 11 is 0. The van der Waals surface area contributed by atoms with Crippen LogP contribution in [0.1, 0.15) is 16.7 Å². The van der Waals surface area contributed by atoms with Gasteiger partial charge < -0.3 is 10.1 Å². The first-order chi connectivity index (χ1) is 11.4. The molecule has 0 unspecified atom stereocenters. The lowest BCUT2D eigenvalue weighted by atomic mass is 10.1. The van der Waals surface area contributed by atoms with E-state index in [9.17, 15) is 0 Å². The fourth-order valence-corrected chi connectivity index (χ4v) is 2.82. The highest BCUT2D eigenvalue weighted by Crippen LogP contribution is 2.34. The highest BCUT2D eigenvalue weighted by Gasteiger charge is 2.19.